The minimum atomic E-state index is -1.59. The molecule has 3 N–H and O–H groups in total. The van der Waals surface area contributed by atoms with Crippen LogP contribution in [-0.4, -0.2) is 40.5 Å². The molecule has 5 nitrogen and oxygen atoms in total. The number of piperidine rings is 1. The number of halogens is 1. The van der Waals surface area contributed by atoms with Gasteiger partial charge in [0.25, 0.3) is 5.91 Å². The molecule has 0 radical (unpaired) electrons. The van der Waals surface area contributed by atoms with Gasteiger partial charge in [-0.1, -0.05) is 28.1 Å². The van der Waals surface area contributed by atoms with Crippen LogP contribution in [0, 0.1) is 0 Å². The van der Waals surface area contributed by atoms with Gasteiger partial charge in [-0.3, -0.25) is 9.59 Å². The number of nitrogens with zero attached hydrogens (tertiary/aromatic N) is 1. The zero-order valence-electron chi connectivity index (χ0n) is 11.0. The molecule has 6 heteroatoms. The SMILES string of the molecule is NC(=O)[C@@]1(O)CCCN(C(=O)Cc2ccc(Br)cc2)C1. The Morgan fingerprint density at radius 3 is 2.60 bits per heavy atom. The third kappa shape index (κ3) is 3.37. The van der Waals surface area contributed by atoms with E-state index in [2.05, 4.69) is 15.9 Å². The maximum atomic E-state index is 12.2. The van der Waals surface area contributed by atoms with E-state index in [1.807, 2.05) is 24.3 Å². The minimum absolute atomic E-state index is 0.0162. The molecule has 1 fully saturated rings. The van der Waals surface area contributed by atoms with Crippen LogP contribution in [0.15, 0.2) is 28.7 Å². The second-order valence-electron chi connectivity index (χ2n) is 5.12. The van der Waals surface area contributed by atoms with Crippen molar-refractivity contribution in [2.24, 2.45) is 5.73 Å². The van der Waals surface area contributed by atoms with Crippen molar-refractivity contribution < 1.29 is 14.7 Å². The first kappa shape index (κ1) is 15.0. The Bertz CT molecular complexity index is 518. The smallest absolute Gasteiger partial charge is 0.251 e. The highest BCUT2D eigenvalue weighted by Gasteiger charge is 2.39. The van der Waals surface area contributed by atoms with Crippen LogP contribution in [0.25, 0.3) is 0 Å². The van der Waals surface area contributed by atoms with Gasteiger partial charge < -0.3 is 15.7 Å². The summed E-state index contributed by atoms with van der Waals surface area (Å²) < 4.78 is 0.953. The average Bonchev–Trinajstić information content (AvgIpc) is 2.41. The highest BCUT2D eigenvalue weighted by Crippen LogP contribution is 2.21. The third-order valence-corrected chi connectivity index (χ3v) is 4.08. The summed E-state index contributed by atoms with van der Waals surface area (Å²) >= 11 is 3.34. The number of primary amides is 1. The lowest BCUT2D eigenvalue weighted by atomic mass is 9.92. The van der Waals surface area contributed by atoms with Crippen LogP contribution in [0.1, 0.15) is 18.4 Å². The number of hydrogen-bond donors (Lipinski definition) is 2. The molecule has 0 unspecified atom stereocenters. The lowest BCUT2D eigenvalue weighted by molar-refractivity contribution is -0.148. The molecule has 1 heterocycles. The second-order valence-corrected chi connectivity index (χ2v) is 6.03. The zero-order valence-corrected chi connectivity index (χ0v) is 12.6. The number of benzene rings is 1. The van der Waals surface area contributed by atoms with Crippen molar-refractivity contribution in [2.45, 2.75) is 24.9 Å². The number of amides is 2. The van der Waals surface area contributed by atoms with Gasteiger partial charge in [0.1, 0.15) is 0 Å². The van der Waals surface area contributed by atoms with E-state index in [0.717, 1.165) is 10.0 Å². The quantitative estimate of drug-likeness (QED) is 0.854. The molecule has 1 aliphatic heterocycles. The van der Waals surface area contributed by atoms with Crippen LogP contribution in [0.2, 0.25) is 0 Å². The molecule has 0 spiro atoms. The van der Waals surface area contributed by atoms with Gasteiger partial charge in [0.05, 0.1) is 13.0 Å². The summed E-state index contributed by atoms with van der Waals surface area (Å²) in [5.41, 5.74) is 4.51. The lowest BCUT2D eigenvalue weighted by Gasteiger charge is -2.37. The highest BCUT2D eigenvalue weighted by molar-refractivity contribution is 9.10. The van der Waals surface area contributed by atoms with E-state index in [-0.39, 0.29) is 18.9 Å². The van der Waals surface area contributed by atoms with E-state index in [1.165, 1.54) is 4.90 Å². The predicted octanol–water partition coefficient (Wildman–Crippen LogP) is 0.830. The number of carbonyl (C=O) groups excluding carboxylic acids is 2. The Morgan fingerprint density at radius 2 is 2.00 bits per heavy atom. The van der Waals surface area contributed by atoms with Crippen molar-refractivity contribution in [3.05, 3.63) is 34.3 Å². The molecule has 1 aliphatic rings. The summed E-state index contributed by atoms with van der Waals surface area (Å²) in [6.07, 6.45) is 1.14. The minimum Gasteiger partial charge on any atom is -0.378 e. The monoisotopic (exact) mass is 340 g/mol. The molecule has 1 aromatic rings. The Balaban J connectivity index is 2.02. The van der Waals surface area contributed by atoms with Gasteiger partial charge in [-0.2, -0.15) is 0 Å². The van der Waals surface area contributed by atoms with E-state index < -0.39 is 11.5 Å². The first-order chi connectivity index (χ1) is 9.40. The Kier molecular flexibility index (Phi) is 4.45. The molecule has 1 aromatic carbocycles. The highest BCUT2D eigenvalue weighted by atomic mass is 79.9. The topological polar surface area (TPSA) is 83.6 Å². The van der Waals surface area contributed by atoms with Gasteiger partial charge in [0.2, 0.25) is 5.91 Å². The van der Waals surface area contributed by atoms with Crippen molar-refractivity contribution in [1.82, 2.24) is 4.90 Å². The van der Waals surface area contributed by atoms with Crippen molar-refractivity contribution in [2.75, 3.05) is 13.1 Å². The van der Waals surface area contributed by atoms with E-state index in [9.17, 15) is 14.7 Å². The third-order valence-electron chi connectivity index (χ3n) is 3.55. The molecule has 1 atom stereocenters. The number of nitrogens with two attached hydrogens (primary N) is 1. The van der Waals surface area contributed by atoms with Gasteiger partial charge in [0, 0.05) is 11.0 Å². The van der Waals surface area contributed by atoms with Crippen LogP contribution in [0.5, 0.6) is 0 Å². The largest absolute Gasteiger partial charge is 0.378 e. The Labute approximate surface area is 125 Å². The number of carbonyl (C=O) groups is 2. The fourth-order valence-electron chi connectivity index (χ4n) is 2.34. The summed E-state index contributed by atoms with van der Waals surface area (Å²) in [4.78, 5) is 25.0. The Hall–Kier alpha value is -1.40. The zero-order chi connectivity index (χ0) is 14.8. The van der Waals surface area contributed by atoms with Crippen molar-refractivity contribution >= 4 is 27.7 Å². The molecule has 108 valence electrons. The molecule has 1 saturated heterocycles. The van der Waals surface area contributed by atoms with Crippen molar-refractivity contribution in [1.29, 1.82) is 0 Å². The summed E-state index contributed by atoms with van der Waals surface area (Å²) in [5.74, 6) is -0.870. The predicted molar refractivity (Wildman–Crippen MR) is 77.8 cm³/mol. The van der Waals surface area contributed by atoms with Crippen LogP contribution >= 0.6 is 15.9 Å². The molecular formula is C14H17BrN2O3. The standard InChI is InChI=1S/C14H17BrN2O3/c15-11-4-2-10(3-5-11)8-12(18)17-7-1-6-14(20,9-17)13(16)19/h2-5,20H,1,6-9H2,(H2,16,19)/t14-/m1/s1. The summed E-state index contributed by atoms with van der Waals surface area (Å²) in [5, 5.41) is 10.1. The number of likely N-dealkylation sites (tertiary alicyclic amines) is 1. The molecule has 2 amide bonds. The van der Waals surface area contributed by atoms with Crippen LogP contribution in [0.4, 0.5) is 0 Å². The molecule has 2 rings (SSSR count). The van der Waals surface area contributed by atoms with E-state index in [0.29, 0.717) is 19.4 Å². The van der Waals surface area contributed by atoms with Gasteiger partial charge >= 0.3 is 0 Å². The summed E-state index contributed by atoms with van der Waals surface area (Å²) in [6.45, 7) is 0.530. The number of rotatable bonds is 3. The lowest BCUT2D eigenvalue weighted by Crippen LogP contribution is -2.57. The molecule has 0 saturated carbocycles. The molecule has 0 aromatic heterocycles. The van der Waals surface area contributed by atoms with Gasteiger partial charge in [-0.25, -0.2) is 0 Å². The first-order valence-electron chi connectivity index (χ1n) is 6.45. The summed E-state index contributed by atoms with van der Waals surface area (Å²) in [6, 6.07) is 7.48. The average molecular weight is 341 g/mol. The molecule has 0 aliphatic carbocycles. The molecule has 0 bridgehead atoms. The van der Waals surface area contributed by atoms with Gasteiger partial charge in [0.15, 0.2) is 5.60 Å². The van der Waals surface area contributed by atoms with Crippen molar-refractivity contribution in [3.8, 4) is 0 Å². The fourth-order valence-corrected chi connectivity index (χ4v) is 2.60. The van der Waals surface area contributed by atoms with Crippen LogP contribution < -0.4 is 5.73 Å². The fraction of sp³-hybridized carbons (Fsp3) is 0.429. The van der Waals surface area contributed by atoms with Crippen LogP contribution in [0.3, 0.4) is 0 Å². The van der Waals surface area contributed by atoms with Gasteiger partial charge in [-0.05, 0) is 30.5 Å². The molecule has 20 heavy (non-hydrogen) atoms. The maximum Gasteiger partial charge on any atom is 0.251 e. The molecular weight excluding hydrogens is 324 g/mol. The van der Waals surface area contributed by atoms with Gasteiger partial charge in [-0.15, -0.1) is 0 Å². The van der Waals surface area contributed by atoms with Crippen LogP contribution in [-0.2, 0) is 16.0 Å². The summed E-state index contributed by atoms with van der Waals surface area (Å²) in [7, 11) is 0. The second kappa shape index (κ2) is 5.93. The van der Waals surface area contributed by atoms with E-state index >= 15 is 0 Å². The number of aliphatic hydroxyl groups is 1. The van der Waals surface area contributed by atoms with Crippen molar-refractivity contribution in [3.63, 3.8) is 0 Å². The van der Waals surface area contributed by atoms with E-state index in [1.54, 1.807) is 0 Å². The normalized spacial score (nSPS) is 22.6. The number of hydrogen-bond acceptors (Lipinski definition) is 3. The van der Waals surface area contributed by atoms with E-state index in [4.69, 9.17) is 5.73 Å². The maximum absolute atomic E-state index is 12.2. The number of β-amino-alcohol motifs (C(OH)–C–C–N with tert-alkyl or cyclic N) is 1. The first-order valence-corrected chi connectivity index (χ1v) is 7.24. The Morgan fingerprint density at radius 1 is 1.35 bits per heavy atom.